The van der Waals surface area contributed by atoms with Crippen molar-refractivity contribution < 1.29 is 9.53 Å². The van der Waals surface area contributed by atoms with Gasteiger partial charge in [0, 0.05) is 25.2 Å². The zero-order valence-corrected chi connectivity index (χ0v) is 23.6. The summed E-state index contributed by atoms with van der Waals surface area (Å²) in [6.07, 6.45) is 14.0. The number of carbonyl (C=O) groups is 1. The first kappa shape index (κ1) is 29.6. The third-order valence-electron chi connectivity index (χ3n) is 6.95. The minimum atomic E-state index is -0.432. The molecule has 1 aliphatic carbocycles. The van der Waals surface area contributed by atoms with E-state index >= 15 is 0 Å². The fourth-order valence-corrected chi connectivity index (χ4v) is 5.27. The Hall–Kier alpha value is -2.62. The number of nitrogens with zero attached hydrogens (tertiary/aromatic N) is 2. The number of hydrogen-bond donors (Lipinski definition) is 0. The summed E-state index contributed by atoms with van der Waals surface area (Å²) >= 11 is 0. The summed E-state index contributed by atoms with van der Waals surface area (Å²) in [6.45, 7) is 19.6. The highest BCUT2D eigenvalue weighted by atomic mass is 16.6. The van der Waals surface area contributed by atoms with Crippen molar-refractivity contribution in [3.63, 3.8) is 0 Å². The highest BCUT2D eigenvalue weighted by Gasteiger charge is 2.30. The standard InChI is InChI=1S/C28H38N2O2.C2H6.C2H4/c1-20-8-12-24-23(19-20)11-10-22-7-5-6-16-29-26(22)25(24)13-9-21-14-17-30(18-15-21)27(31)32-28(2,3)4;2*1-2/h6-8,12,16,19,21,25H,5,9-11,13-15,17-18H2,1-4H3;1-2H3;1-2H2. The van der Waals surface area contributed by atoms with E-state index in [2.05, 4.69) is 50.4 Å². The van der Waals surface area contributed by atoms with E-state index in [1.165, 1.54) is 34.4 Å². The first-order valence-corrected chi connectivity index (χ1v) is 13.8. The molecule has 4 rings (SSSR count). The van der Waals surface area contributed by atoms with E-state index in [9.17, 15) is 4.79 Å². The van der Waals surface area contributed by atoms with Gasteiger partial charge in [-0.1, -0.05) is 49.8 Å². The zero-order chi connectivity index (χ0) is 26.7. The molecule has 2 heterocycles. The molecule has 1 fully saturated rings. The molecule has 1 aromatic carbocycles. The number of aryl methyl sites for hydroxylation is 2. The number of carbonyl (C=O) groups excluding carboxylic acids is 1. The van der Waals surface area contributed by atoms with E-state index in [-0.39, 0.29) is 6.09 Å². The normalized spacial score (nSPS) is 19.5. The van der Waals surface area contributed by atoms with Crippen molar-refractivity contribution in [2.75, 3.05) is 13.1 Å². The molecule has 4 heteroatoms. The van der Waals surface area contributed by atoms with Crippen LogP contribution in [0.5, 0.6) is 0 Å². The first-order chi connectivity index (χ1) is 17.3. The lowest BCUT2D eigenvalue weighted by molar-refractivity contribution is 0.0180. The molecule has 1 atom stereocenters. The van der Waals surface area contributed by atoms with Gasteiger partial charge in [0.1, 0.15) is 5.60 Å². The van der Waals surface area contributed by atoms with Gasteiger partial charge in [0.2, 0.25) is 0 Å². The van der Waals surface area contributed by atoms with Gasteiger partial charge < -0.3 is 9.64 Å². The topological polar surface area (TPSA) is 41.9 Å². The lowest BCUT2D eigenvalue weighted by Crippen LogP contribution is -2.41. The largest absolute Gasteiger partial charge is 0.444 e. The number of aliphatic imine (C=N–C) groups is 1. The molecule has 1 amide bonds. The fourth-order valence-electron chi connectivity index (χ4n) is 5.27. The molecule has 0 radical (unpaired) electrons. The van der Waals surface area contributed by atoms with Gasteiger partial charge in [-0.25, -0.2) is 4.79 Å². The number of ether oxygens (including phenoxy) is 1. The van der Waals surface area contributed by atoms with Crippen LogP contribution in [0.3, 0.4) is 0 Å². The van der Waals surface area contributed by atoms with Gasteiger partial charge in [-0.15, -0.1) is 13.2 Å². The van der Waals surface area contributed by atoms with Crippen LogP contribution in [0, 0.1) is 12.8 Å². The number of amides is 1. The Labute approximate surface area is 220 Å². The van der Waals surface area contributed by atoms with Crippen molar-refractivity contribution in [3.05, 3.63) is 72.0 Å². The molecule has 36 heavy (non-hydrogen) atoms. The first-order valence-electron chi connectivity index (χ1n) is 13.8. The summed E-state index contributed by atoms with van der Waals surface area (Å²) in [5, 5.41) is 0. The van der Waals surface area contributed by atoms with Gasteiger partial charge in [0.25, 0.3) is 0 Å². The van der Waals surface area contributed by atoms with E-state index in [1.54, 1.807) is 0 Å². The van der Waals surface area contributed by atoms with Crippen LogP contribution in [-0.2, 0) is 11.2 Å². The van der Waals surface area contributed by atoms with Crippen LogP contribution in [0.2, 0.25) is 0 Å². The fraction of sp³-hybridized carbons (Fsp3) is 0.562. The lowest BCUT2D eigenvalue weighted by Gasteiger charge is -2.34. The van der Waals surface area contributed by atoms with Gasteiger partial charge in [-0.3, -0.25) is 4.99 Å². The minimum Gasteiger partial charge on any atom is -0.444 e. The summed E-state index contributed by atoms with van der Waals surface area (Å²) in [6, 6.07) is 6.98. The maximum atomic E-state index is 12.4. The predicted octanol–water partition coefficient (Wildman–Crippen LogP) is 8.57. The van der Waals surface area contributed by atoms with Gasteiger partial charge in [0.05, 0.1) is 5.71 Å². The van der Waals surface area contributed by atoms with Crippen LogP contribution in [0.15, 0.2) is 60.3 Å². The maximum absolute atomic E-state index is 12.4. The number of likely N-dealkylation sites (tertiary alicyclic amines) is 1. The van der Waals surface area contributed by atoms with E-state index in [4.69, 9.17) is 9.73 Å². The lowest BCUT2D eigenvalue weighted by atomic mass is 9.81. The van der Waals surface area contributed by atoms with Gasteiger partial charge in [-0.05, 0) is 95.3 Å². The van der Waals surface area contributed by atoms with Crippen LogP contribution in [0.1, 0.15) is 95.8 Å². The number of allylic oxidation sites excluding steroid dienone is 3. The second-order valence-corrected chi connectivity index (χ2v) is 10.6. The SMILES string of the molecule is C=C.CC.Cc1ccc2c(c1)CCC1=CCC=CN=C1C2CCC1CCN(C(=O)OC(C)(C)C)CC1. The molecule has 4 nitrogen and oxygen atoms in total. The van der Waals surface area contributed by atoms with Gasteiger partial charge in [0.15, 0.2) is 0 Å². The highest BCUT2D eigenvalue weighted by Crippen LogP contribution is 2.38. The van der Waals surface area contributed by atoms with E-state index < -0.39 is 5.60 Å². The van der Waals surface area contributed by atoms with Crippen LogP contribution in [0.25, 0.3) is 0 Å². The molecule has 3 aliphatic rings. The molecule has 0 N–H and O–H groups in total. The van der Waals surface area contributed by atoms with E-state index in [0.29, 0.717) is 11.8 Å². The quantitative estimate of drug-likeness (QED) is 0.397. The second kappa shape index (κ2) is 14.2. The Morgan fingerprint density at radius 2 is 1.81 bits per heavy atom. The van der Waals surface area contributed by atoms with Crippen molar-refractivity contribution in [2.24, 2.45) is 10.9 Å². The number of piperidine rings is 1. The summed E-state index contributed by atoms with van der Waals surface area (Å²) in [5.41, 5.74) is 6.60. The summed E-state index contributed by atoms with van der Waals surface area (Å²) in [4.78, 5) is 19.2. The number of rotatable bonds is 3. The van der Waals surface area contributed by atoms with Crippen molar-refractivity contribution in [1.82, 2.24) is 4.90 Å². The third kappa shape index (κ3) is 8.21. The molecule has 1 unspecified atom stereocenters. The number of benzene rings is 1. The monoisotopic (exact) mass is 492 g/mol. The average molecular weight is 493 g/mol. The smallest absolute Gasteiger partial charge is 0.410 e. The van der Waals surface area contributed by atoms with Crippen molar-refractivity contribution in [2.45, 2.75) is 98.0 Å². The van der Waals surface area contributed by atoms with Crippen molar-refractivity contribution in [3.8, 4) is 0 Å². The zero-order valence-electron chi connectivity index (χ0n) is 23.6. The maximum Gasteiger partial charge on any atom is 0.410 e. The molecular weight excluding hydrogens is 444 g/mol. The Morgan fingerprint density at radius 3 is 2.47 bits per heavy atom. The molecule has 0 aromatic heterocycles. The molecule has 0 spiro atoms. The van der Waals surface area contributed by atoms with Gasteiger partial charge >= 0.3 is 6.09 Å². The van der Waals surface area contributed by atoms with E-state index in [0.717, 1.165) is 51.6 Å². The Bertz CT molecular complexity index is 943. The Balaban J connectivity index is 0.00000109. The average Bonchev–Trinajstić information content (AvgIpc) is 3.18. The molecule has 2 aliphatic heterocycles. The highest BCUT2D eigenvalue weighted by molar-refractivity contribution is 6.06. The van der Waals surface area contributed by atoms with Crippen LogP contribution < -0.4 is 0 Å². The van der Waals surface area contributed by atoms with Crippen molar-refractivity contribution >= 4 is 11.8 Å². The second-order valence-electron chi connectivity index (χ2n) is 10.6. The summed E-state index contributed by atoms with van der Waals surface area (Å²) in [5.74, 6) is 1.02. The number of hydrogen-bond acceptors (Lipinski definition) is 3. The summed E-state index contributed by atoms with van der Waals surface area (Å²) in [7, 11) is 0. The Kier molecular flexibility index (Phi) is 11.7. The molecule has 1 saturated heterocycles. The number of fused-ring (bicyclic) bond motifs is 2. The van der Waals surface area contributed by atoms with E-state index in [1.807, 2.05) is 45.7 Å². The van der Waals surface area contributed by atoms with Crippen LogP contribution >= 0.6 is 0 Å². The molecule has 198 valence electrons. The van der Waals surface area contributed by atoms with Gasteiger partial charge in [-0.2, -0.15) is 0 Å². The molecule has 0 bridgehead atoms. The molecule has 0 saturated carbocycles. The van der Waals surface area contributed by atoms with Crippen LogP contribution in [-0.4, -0.2) is 35.4 Å². The summed E-state index contributed by atoms with van der Waals surface area (Å²) < 4.78 is 5.56. The predicted molar refractivity (Wildman–Crippen MR) is 154 cm³/mol. The third-order valence-corrected chi connectivity index (χ3v) is 6.95. The minimum absolute atomic E-state index is 0.168. The molecular formula is C32H48N2O2. The van der Waals surface area contributed by atoms with Crippen LogP contribution in [0.4, 0.5) is 4.79 Å². The molecule has 1 aromatic rings. The van der Waals surface area contributed by atoms with Crippen molar-refractivity contribution in [1.29, 1.82) is 0 Å². The Morgan fingerprint density at radius 1 is 1.11 bits per heavy atom.